The van der Waals surface area contributed by atoms with Crippen molar-refractivity contribution >= 4 is 11.8 Å². The summed E-state index contributed by atoms with van der Waals surface area (Å²) >= 11 is 1.38. The van der Waals surface area contributed by atoms with Crippen molar-refractivity contribution in [3.05, 3.63) is 59.7 Å². The van der Waals surface area contributed by atoms with Crippen molar-refractivity contribution in [3.63, 3.8) is 0 Å². The van der Waals surface area contributed by atoms with Crippen LogP contribution < -0.4 is 5.73 Å². The summed E-state index contributed by atoms with van der Waals surface area (Å²) in [6.07, 6.45) is 0. The van der Waals surface area contributed by atoms with E-state index >= 15 is 0 Å². The zero-order chi connectivity index (χ0) is 13.1. The average molecular weight is 265 g/mol. The summed E-state index contributed by atoms with van der Waals surface area (Å²) in [4.78, 5) is 1.61. The Balaban J connectivity index is 2.31. The lowest BCUT2D eigenvalue weighted by atomic mass is 10.1. The molecule has 0 bridgehead atoms. The maximum absolute atomic E-state index is 13.1. The normalized spacial score (nSPS) is 12.4. The van der Waals surface area contributed by atoms with Gasteiger partial charge in [0.25, 0.3) is 0 Å². The largest absolute Gasteiger partial charge is 0.324 e. The molecule has 0 spiro atoms. The molecule has 0 aliphatic carbocycles. The van der Waals surface area contributed by atoms with Crippen LogP contribution in [-0.2, 0) is 0 Å². The lowest BCUT2D eigenvalue weighted by Crippen LogP contribution is -2.05. The first kappa shape index (κ1) is 13.1. The van der Waals surface area contributed by atoms with E-state index in [1.54, 1.807) is 6.07 Å². The molecule has 1 nitrogen and oxygen atoms in total. The van der Waals surface area contributed by atoms with Gasteiger partial charge in [-0.15, -0.1) is 0 Å². The lowest BCUT2D eigenvalue weighted by molar-refractivity contribution is 0.506. The van der Waals surface area contributed by atoms with Gasteiger partial charge in [0.05, 0.1) is 0 Å². The SMILES string of the molecule is CC(N)c1ccccc1Sc1ccc(F)c(F)c1. The van der Waals surface area contributed by atoms with Crippen LogP contribution in [0.2, 0.25) is 0 Å². The first-order chi connectivity index (χ1) is 8.58. The van der Waals surface area contributed by atoms with Gasteiger partial charge in [-0.3, -0.25) is 0 Å². The van der Waals surface area contributed by atoms with Crippen LogP contribution in [0.5, 0.6) is 0 Å². The summed E-state index contributed by atoms with van der Waals surface area (Å²) < 4.78 is 26.0. The van der Waals surface area contributed by atoms with Crippen LogP contribution in [0, 0.1) is 11.6 Å². The minimum absolute atomic E-state index is 0.0982. The summed E-state index contributed by atoms with van der Waals surface area (Å²) in [7, 11) is 0. The van der Waals surface area contributed by atoms with Crippen molar-refractivity contribution in [1.82, 2.24) is 0 Å². The molecule has 0 saturated heterocycles. The van der Waals surface area contributed by atoms with Crippen LogP contribution in [-0.4, -0.2) is 0 Å². The highest BCUT2D eigenvalue weighted by molar-refractivity contribution is 7.99. The molecule has 1 unspecified atom stereocenters. The number of hydrogen-bond acceptors (Lipinski definition) is 2. The van der Waals surface area contributed by atoms with Crippen molar-refractivity contribution in [3.8, 4) is 0 Å². The highest BCUT2D eigenvalue weighted by Crippen LogP contribution is 2.33. The van der Waals surface area contributed by atoms with E-state index in [1.165, 1.54) is 17.8 Å². The van der Waals surface area contributed by atoms with Crippen molar-refractivity contribution < 1.29 is 8.78 Å². The van der Waals surface area contributed by atoms with E-state index in [1.807, 2.05) is 31.2 Å². The second kappa shape index (κ2) is 5.50. The number of halogens is 2. The van der Waals surface area contributed by atoms with Gasteiger partial charge in [0.15, 0.2) is 11.6 Å². The van der Waals surface area contributed by atoms with Gasteiger partial charge >= 0.3 is 0 Å². The third kappa shape index (κ3) is 2.89. The van der Waals surface area contributed by atoms with Gasteiger partial charge in [-0.05, 0) is 36.8 Å². The highest BCUT2D eigenvalue weighted by atomic mass is 32.2. The maximum Gasteiger partial charge on any atom is 0.159 e. The van der Waals surface area contributed by atoms with E-state index in [4.69, 9.17) is 5.73 Å². The van der Waals surface area contributed by atoms with Crippen molar-refractivity contribution in [2.75, 3.05) is 0 Å². The zero-order valence-corrected chi connectivity index (χ0v) is 10.7. The molecular weight excluding hydrogens is 252 g/mol. The Morgan fingerprint density at radius 1 is 1.06 bits per heavy atom. The Labute approximate surface area is 109 Å². The minimum Gasteiger partial charge on any atom is -0.324 e. The van der Waals surface area contributed by atoms with Crippen LogP contribution in [0.3, 0.4) is 0 Å². The van der Waals surface area contributed by atoms with E-state index in [0.717, 1.165) is 16.5 Å². The van der Waals surface area contributed by atoms with E-state index < -0.39 is 11.6 Å². The predicted molar refractivity (Wildman–Crippen MR) is 69.5 cm³/mol. The van der Waals surface area contributed by atoms with Gasteiger partial charge in [0.1, 0.15) is 0 Å². The molecule has 0 amide bonds. The molecule has 0 aliphatic heterocycles. The highest BCUT2D eigenvalue weighted by Gasteiger charge is 2.09. The van der Waals surface area contributed by atoms with Gasteiger partial charge in [0, 0.05) is 15.8 Å². The monoisotopic (exact) mass is 265 g/mol. The molecule has 0 radical (unpaired) electrons. The smallest absolute Gasteiger partial charge is 0.159 e. The molecule has 0 saturated carbocycles. The first-order valence-electron chi connectivity index (χ1n) is 5.55. The first-order valence-corrected chi connectivity index (χ1v) is 6.37. The van der Waals surface area contributed by atoms with Gasteiger partial charge in [-0.25, -0.2) is 8.78 Å². The molecule has 94 valence electrons. The number of rotatable bonds is 3. The molecule has 2 aromatic carbocycles. The predicted octanol–water partition coefficient (Wildman–Crippen LogP) is 4.14. The van der Waals surface area contributed by atoms with Crippen LogP contribution in [0.1, 0.15) is 18.5 Å². The maximum atomic E-state index is 13.1. The quantitative estimate of drug-likeness (QED) is 0.902. The Bertz CT molecular complexity index is 555. The van der Waals surface area contributed by atoms with Crippen molar-refractivity contribution in [1.29, 1.82) is 0 Å². The molecule has 18 heavy (non-hydrogen) atoms. The molecule has 2 aromatic rings. The summed E-state index contributed by atoms with van der Waals surface area (Å²) in [6.45, 7) is 1.89. The van der Waals surface area contributed by atoms with E-state index in [-0.39, 0.29) is 6.04 Å². The standard InChI is InChI=1S/C14H13F2NS/c1-9(17)11-4-2-3-5-14(11)18-10-6-7-12(15)13(16)8-10/h2-9H,17H2,1H3. The van der Waals surface area contributed by atoms with Gasteiger partial charge in [-0.2, -0.15) is 0 Å². The topological polar surface area (TPSA) is 26.0 Å². The molecule has 2 rings (SSSR count). The average Bonchev–Trinajstić information content (AvgIpc) is 2.34. The third-order valence-corrected chi connectivity index (χ3v) is 3.61. The van der Waals surface area contributed by atoms with E-state index in [2.05, 4.69) is 0 Å². The van der Waals surface area contributed by atoms with Gasteiger partial charge < -0.3 is 5.73 Å². The van der Waals surface area contributed by atoms with Crippen LogP contribution in [0.25, 0.3) is 0 Å². The fourth-order valence-corrected chi connectivity index (χ4v) is 2.69. The Morgan fingerprint density at radius 2 is 1.78 bits per heavy atom. The van der Waals surface area contributed by atoms with Gasteiger partial charge in [-0.1, -0.05) is 30.0 Å². The Kier molecular flexibility index (Phi) is 3.99. The number of benzene rings is 2. The van der Waals surface area contributed by atoms with Crippen molar-refractivity contribution in [2.24, 2.45) is 5.73 Å². The fraction of sp³-hybridized carbons (Fsp3) is 0.143. The van der Waals surface area contributed by atoms with Crippen LogP contribution >= 0.6 is 11.8 Å². The number of hydrogen-bond donors (Lipinski definition) is 1. The zero-order valence-electron chi connectivity index (χ0n) is 9.86. The van der Waals surface area contributed by atoms with Gasteiger partial charge in [0.2, 0.25) is 0 Å². The summed E-state index contributed by atoms with van der Waals surface area (Å²) in [5.41, 5.74) is 6.87. The summed E-state index contributed by atoms with van der Waals surface area (Å²) in [5.74, 6) is -1.67. The summed E-state index contributed by atoms with van der Waals surface area (Å²) in [6, 6.07) is 11.4. The molecule has 2 N–H and O–H groups in total. The Hall–Kier alpha value is -1.39. The molecule has 0 heterocycles. The molecule has 0 aliphatic rings. The molecular formula is C14H13F2NS. The minimum atomic E-state index is -0.835. The third-order valence-electron chi connectivity index (χ3n) is 2.53. The van der Waals surface area contributed by atoms with Crippen LogP contribution in [0.15, 0.2) is 52.3 Å². The second-order valence-corrected chi connectivity index (χ2v) is 5.12. The molecule has 4 heteroatoms. The molecule has 1 atom stereocenters. The molecule has 0 fully saturated rings. The molecule has 0 aromatic heterocycles. The lowest BCUT2D eigenvalue weighted by Gasteiger charge is -2.12. The van der Waals surface area contributed by atoms with E-state index in [0.29, 0.717) is 4.90 Å². The van der Waals surface area contributed by atoms with Crippen LogP contribution in [0.4, 0.5) is 8.78 Å². The second-order valence-electron chi connectivity index (χ2n) is 4.00. The fourth-order valence-electron chi connectivity index (χ4n) is 1.62. The van der Waals surface area contributed by atoms with Crippen molar-refractivity contribution in [2.45, 2.75) is 22.8 Å². The van der Waals surface area contributed by atoms with E-state index in [9.17, 15) is 8.78 Å². The number of nitrogens with two attached hydrogens (primary N) is 1. The Morgan fingerprint density at radius 3 is 2.44 bits per heavy atom. The summed E-state index contributed by atoms with van der Waals surface area (Å²) in [5, 5.41) is 0.